The number of nitrogens with one attached hydrogen (secondary N) is 1. The van der Waals surface area contributed by atoms with Gasteiger partial charge in [-0.25, -0.2) is 9.99 Å². The lowest BCUT2D eigenvalue weighted by Crippen LogP contribution is -2.62. The van der Waals surface area contributed by atoms with Crippen LogP contribution in [-0.2, 0) is 6.54 Å². The number of hydrogen-bond acceptors (Lipinski definition) is 5. The fraction of sp³-hybridized carbons (Fsp3) is 0.667. The number of likely N-dealkylation sites (tertiary alicyclic amines) is 1. The van der Waals surface area contributed by atoms with Crippen LogP contribution in [0.4, 0.5) is 5.69 Å². The van der Waals surface area contributed by atoms with Crippen LogP contribution in [0.3, 0.4) is 0 Å². The Labute approximate surface area is 106 Å². The molecule has 0 aromatic carbocycles. The highest BCUT2D eigenvalue weighted by Crippen LogP contribution is 2.30. The molecule has 0 saturated carbocycles. The molecule has 0 aliphatic carbocycles. The number of fused-ring (bicyclic) bond motifs is 1. The Morgan fingerprint density at radius 2 is 2.17 bits per heavy atom. The maximum absolute atomic E-state index is 11.9. The molecule has 0 amide bonds. The molecule has 1 aromatic heterocycles. The number of rotatable bonds is 3. The molecule has 18 heavy (non-hydrogen) atoms. The fourth-order valence-electron chi connectivity index (χ4n) is 2.83. The summed E-state index contributed by atoms with van der Waals surface area (Å²) in [5, 5.41) is 4.37. The predicted molar refractivity (Wildman–Crippen MR) is 69.3 cm³/mol. The van der Waals surface area contributed by atoms with Crippen molar-refractivity contribution >= 4 is 5.69 Å². The summed E-state index contributed by atoms with van der Waals surface area (Å²) in [7, 11) is 0. The van der Waals surface area contributed by atoms with E-state index >= 15 is 0 Å². The molecule has 3 heterocycles. The van der Waals surface area contributed by atoms with E-state index in [1.165, 1.54) is 6.33 Å². The van der Waals surface area contributed by atoms with E-state index in [1.807, 2.05) is 0 Å². The standard InChI is InChI=1S/C12H19N5O/c1-3-15-5-9(6-15)17-7-10-11(16(17)4-2)12(18)14-8-13-10/h8-9H,3-7H2,1-2H3,(H,13,14,18). The first-order valence-corrected chi connectivity index (χ1v) is 6.57. The van der Waals surface area contributed by atoms with Gasteiger partial charge in [0.2, 0.25) is 0 Å². The van der Waals surface area contributed by atoms with Gasteiger partial charge in [0.1, 0.15) is 5.69 Å². The molecule has 6 heteroatoms. The summed E-state index contributed by atoms with van der Waals surface area (Å²) in [5.41, 5.74) is 1.60. The van der Waals surface area contributed by atoms with Crippen molar-refractivity contribution in [2.24, 2.45) is 0 Å². The molecular formula is C12H19N5O. The zero-order chi connectivity index (χ0) is 12.7. The topological polar surface area (TPSA) is 55.5 Å². The lowest BCUT2D eigenvalue weighted by atomic mass is 10.1. The van der Waals surface area contributed by atoms with Crippen LogP contribution in [-0.4, -0.2) is 52.1 Å². The van der Waals surface area contributed by atoms with Crippen LogP contribution < -0.4 is 10.6 Å². The van der Waals surface area contributed by atoms with Gasteiger partial charge in [-0.05, 0) is 13.5 Å². The van der Waals surface area contributed by atoms with Gasteiger partial charge in [-0.15, -0.1) is 0 Å². The van der Waals surface area contributed by atoms with E-state index in [1.54, 1.807) is 0 Å². The van der Waals surface area contributed by atoms with Crippen LogP contribution >= 0.6 is 0 Å². The molecule has 0 radical (unpaired) electrons. The van der Waals surface area contributed by atoms with Crippen molar-refractivity contribution < 1.29 is 0 Å². The Bertz CT molecular complexity index is 493. The lowest BCUT2D eigenvalue weighted by molar-refractivity contribution is 0.0317. The van der Waals surface area contributed by atoms with E-state index in [9.17, 15) is 4.79 Å². The van der Waals surface area contributed by atoms with Crippen LogP contribution in [0.5, 0.6) is 0 Å². The molecule has 0 spiro atoms. The second-order valence-corrected chi connectivity index (χ2v) is 4.85. The summed E-state index contributed by atoms with van der Waals surface area (Å²) in [4.78, 5) is 21.3. The molecule has 1 N–H and O–H groups in total. The summed E-state index contributed by atoms with van der Waals surface area (Å²) in [6.45, 7) is 9.09. The first-order valence-electron chi connectivity index (χ1n) is 6.57. The van der Waals surface area contributed by atoms with Crippen molar-refractivity contribution in [3.05, 3.63) is 22.4 Å². The number of likely N-dealkylation sites (N-methyl/N-ethyl adjacent to an activating group) is 1. The molecule has 2 aliphatic heterocycles. The van der Waals surface area contributed by atoms with Crippen molar-refractivity contribution in [1.82, 2.24) is 19.9 Å². The van der Waals surface area contributed by atoms with Gasteiger partial charge in [0.25, 0.3) is 5.56 Å². The summed E-state index contributed by atoms with van der Waals surface area (Å²) in [6.07, 6.45) is 1.50. The molecule has 1 fully saturated rings. The number of hydrazine groups is 1. The van der Waals surface area contributed by atoms with Gasteiger partial charge in [0.15, 0.2) is 0 Å². The number of H-pyrrole nitrogens is 1. The van der Waals surface area contributed by atoms with Crippen LogP contribution in [0, 0.1) is 0 Å². The Kier molecular flexibility index (Phi) is 2.83. The van der Waals surface area contributed by atoms with Gasteiger partial charge in [-0.3, -0.25) is 9.80 Å². The smallest absolute Gasteiger partial charge is 0.275 e. The third-order valence-electron chi connectivity index (χ3n) is 3.89. The number of aromatic amines is 1. The van der Waals surface area contributed by atoms with E-state index in [4.69, 9.17) is 0 Å². The molecule has 3 rings (SSSR count). The number of anilines is 1. The van der Waals surface area contributed by atoms with E-state index in [-0.39, 0.29) is 5.56 Å². The highest BCUT2D eigenvalue weighted by molar-refractivity contribution is 5.51. The average Bonchev–Trinajstić information content (AvgIpc) is 2.67. The summed E-state index contributed by atoms with van der Waals surface area (Å²) < 4.78 is 0. The molecule has 98 valence electrons. The molecule has 0 unspecified atom stereocenters. The second kappa shape index (κ2) is 4.37. The maximum atomic E-state index is 11.9. The lowest BCUT2D eigenvalue weighted by Gasteiger charge is -2.46. The van der Waals surface area contributed by atoms with Gasteiger partial charge in [0.05, 0.1) is 24.6 Å². The van der Waals surface area contributed by atoms with Crippen LogP contribution in [0.15, 0.2) is 11.1 Å². The molecular weight excluding hydrogens is 230 g/mol. The van der Waals surface area contributed by atoms with E-state index < -0.39 is 0 Å². The highest BCUT2D eigenvalue weighted by Gasteiger charge is 2.39. The Morgan fingerprint density at radius 1 is 1.39 bits per heavy atom. The van der Waals surface area contributed by atoms with Crippen LogP contribution in [0.1, 0.15) is 19.5 Å². The monoisotopic (exact) mass is 249 g/mol. The van der Waals surface area contributed by atoms with Gasteiger partial charge in [0, 0.05) is 19.6 Å². The van der Waals surface area contributed by atoms with Crippen molar-refractivity contribution in [3.8, 4) is 0 Å². The third-order valence-corrected chi connectivity index (χ3v) is 3.89. The van der Waals surface area contributed by atoms with Crippen molar-refractivity contribution in [2.75, 3.05) is 31.2 Å². The van der Waals surface area contributed by atoms with Gasteiger partial charge in [-0.1, -0.05) is 6.92 Å². The maximum Gasteiger partial charge on any atom is 0.275 e. The Hall–Kier alpha value is -1.40. The zero-order valence-corrected chi connectivity index (χ0v) is 10.9. The summed E-state index contributed by atoms with van der Waals surface area (Å²) in [6, 6.07) is 0.512. The van der Waals surface area contributed by atoms with E-state index in [0.29, 0.717) is 6.04 Å². The molecule has 1 saturated heterocycles. The van der Waals surface area contributed by atoms with Crippen molar-refractivity contribution in [3.63, 3.8) is 0 Å². The number of aromatic nitrogens is 2. The quantitative estimate of drug-likeness (QED) is 0.819. The number of hydrogen-bond donors (Lipinski definition) is 1. The average molecular weight is 249 g/mol. The minimum atomic E-state index is -0.0315. The number of nitrogens with zero attached hydrogens (tertiary/aromatic N) is 4. The first-order chi connectivity index (χ1) is 8.74. The minimum absolute atomic E-state index is 0.0315. The zero-order valence-electron chi connectivity index (χ0n) is 10.9. The second-order valence-electron chi connectivity index (χ2n) is 4.85. The SMILES string of the molecule is CCN1CC(N2Cc3nc[nH]c(=O)c3N2CC)C1. The molecule has 6 nitrogen and oxygen atoms in total. The Morgan fingerprint density at radius 3 is 2.83 bits per heavy atom. The first kappa shape index (κ1) is 11.7. The van der Waals surface area contributed by atoms with Crippen molar-refractivity contribution in [1.29, 1.82) is 0 Å². The molecule has 0 bridgehead atoms. The predicted octanol–water partition coefficient (Wildman–Crippen LogP) is 0.0309. The molecule has 0 atom stereocenters. The third kappa shape index (κ3) is 1.64. The highest BCUT2D eigenvalue weighted by atomic mass is 16.1. The fourth-order valence-corrected chi connectivity index (χ4v) is 2.83. The minimum Gasteiger partial charge on any atom is -0.311 e. The molecule has 1 aromatic rings. The van der Waals surface area contributed by atoms with E-state index in [2.05, 4.69) is 38.7 Å². The van der Waals surface area contributed by atoms with Gasteiger partial charge >= 0.3 is 0 Å². The summed E-state index contributed by atoms with van der Waals surface area (Å²) in [5.74, 6) is 0. The van der Waals surface area contributed by atoms with E-state index in [0.717, 1.165) is 44.1 Å². The van der Waals surface area contributed by atoms with Crippen molar-refractivity contribution in [2.45, 2.75) is 26.4 Å². The van der Waals surface area contributed by atoms with Crippen LogP contribution in [0.25, 0.3) is 0 Å². The van der Waals surface area contributed by atoms with Gasteiger partial charge in [-0.2, -0.15) is 0 Å². The van der Waals surface area contributed by atoms with Crippen LogP contribution in [0.2, 0.25) is 0 Å². The normalized spacial score (nSPS) is 21.1. The Balaban J connectivity index is 1.84. The van der Waals surface area contributed by atoms with Gasteiger partial charge < -0.3 is 9.88 Å². The summed E-state index contributed by atoms with van der Waals surface area (Å²) >= 11 is 0. The largest absolute Gasteiger partial charge is 0.311 e. The molecule has 2 aliphatic rings.